The number of carbonyl (C=O) groups is 6. The van der Waals surface area contributed by atoms with Crippen molar-refractivity contribution in [2.45, 2.75) is 81.7 Å². The van der Waals surface area contributed by atoms with Crippen LogP contribution in [0, 0.1) is 5.82 Å². The quantitative estimate of drug-likeness (QED) is 0.0550. The fraction of sp³-hybridized carbons (Fsp3) is 0.341. The summed E-state index contributed by atoms with van der Waals surface area (Å²) in [6.07, 6.45) is 2.22. The minimum atomic E-state index is -4.83. The number of halogens is 4. The van der Waals surface area contributed by atoms with Crippen LogP contribution in [0.3, 0.4) is 0 Å². The molecule has 6 amide bonds. The lowest BCUT2D eigenvalue weighted by Crippen LogP contribution is -2.54. The number of nitrogens with one attached hydrogen (secondary N) is 5. The number of pyridine rings is 1. The van der Waals surface area contributed by atoms with Crippen molar-refractivity contribution in [2.24, 2.45) is 0 Å². The van der Waals surface area contributed by atoms with E-state index in [4.69, 9.17) is 0 Å². The van der Waals surface area contributed by atoms with E-state index in [2.05, 4.69) is 41.9 Å². The Balaban J connectivity index is 0.818. The molecule has 4 heterocycles. The number of anilines is 2. The van der Waals surface area contributed by atoms with Crippen molar-refractivity contribution in [3.8, 4) is 11.1 Å². The summed E-state index contributed by atoms with van der Waals surface area (Å²) in [6, 6.07) is 9.11. The molecule has 5 N–H and O–H groups in total. The Bertz CT molecular complexity index is 2800. The summed E-state index contributed by atoms with van der Waals surface area (Å²) in [5.74, 6) is -4.57. The van der Waals surface area contributed by atoms with E-state index in [1.165, 1.54) is 31.4 Å². The van der Waals surface area contributed by atoms with Gasteiger partial charge in [0.05, 0.1) is 50.8 Å². The monoisotopic (exact) mass is 880 g/mol. The number of imide groups is 2. The number of nitrogens with zero attached hydrogens (tertiary/aromatic N) is 5. The van der Waals surface area contributed by atoms with Gasteiger partial charge in [0.2, 0.25) is 11.8 Å². The molecule has 9 rings (SSSR count). The third-order valence-electron chi connectivity index (χ3n) is 12.0. The molecule has 3 aromatic carbocycles. The first-order valence-corrected chi connectivity index (χ1v) is 20.8. The smallest absolute Gasteiger partial charge is 0.387 e. The summed E-state index contributed by atoms with van der Waals surface area (Å²) in [7, 11) is 1.54. The summed E-state index contributed by atoms with van der Waals surface area (Å²) in [4.78, 5) is 82.1. The second-order valence-electron chi connectivity index (χ2n) is 16.4. The number of rotatable bonds is 14. The van der Waals surface area contributed by atoms with Crippen LogP contribution in [0.15, 0.2) is 60.9 Å². The molecule has 20 heteroatoms. The summed E-state index contributed by atoms with van der Waals surface area (Å²) < 4.78 is 60.3. The molecule has 4 aliphatic rings. The van der Waals surface area contributed by atoms with Gasteiger partial charge in [0, 0.05) is 49.9 Å². The van der Waals surface area contributed by atoms with E-state index in [1.807, 2.05) is 0 Å². The van der Waals surface area contributed by atoms with Crippen molar-refractivity contribution in [3.63, 3.8) is 0 Å². The summed E-state index contributed by atoms with van der Waals surface area (Å²) in [5.41, 5.74) is -0.807. The fourth-order valence-electron chi connectivity index (χ4n) is 8.28. The number of aromatic nitrogens is 4. The van der Waals surface area contributed by atoms with Crippen LogP contribution in [0.2, 0.25) is 0 Å². The highest BCUT2D eigenvalue weighted by molar-refractivity contribution is 6.25. The molecule has 0 radical (unpaired) electrons. The highest BCUT2D eigenvalue weighted by Gasteiger charge is 2.50. The van der Waals surface area contributed by atoms with Gasteiger partial charge in [0.1, 0.15) is 17.6 Å². The van der Waals surface area contributed by atoms with E-state index in [0.717, 1.165) is 35.9 Å². The van der Waals surface area contributed by atoms with Crippen LogP contribution in [0.5, 0.6) is 0 Å². The zero-order valence-electron chi connectivity index (χ0n) is 34.2. The van der Waals surface area contributed by atoms with Crippen LogP contribution in [0.4, 0.5) is 28.9 Å². The number of fused-ring (bicyclic) bond motifs is 2. The minimum Gasteiger partial charge on any atom is -0.387 e. The van der Waals surface area contributed by atoms with Gasteiger partial charge in [-0.15, -0.1) is 5.10 Å². The number of unbranched alkanes of at least 4 members (excludes halogenated alkanes) is 1. The Kier molecular flexibility index (Phi) is 10.6. The van der Waals surface area contributed by atoms with E-state index < -0.39 is 64.6 Å². The lowest BCUT2D eigenvalue weighted by atomic mass is 9.94. The van der Waals surface area contributed by atoms with Gasteiger partial charge in [-0.2, -0.15) is 13.2 Å². The maximum absolute atomic E-state index is 15.5. The molecule has 1 saturated heterocycles. The molecule has 3 fully saturated rings. The van der Waals surface area contributed by atoms with Crippen molar-refractivity contribution in [2.75, 3.05) is 24.2 Å². The van der Waals surface area contributed by atoms with Gasteiger partial charge >= 0.3 is 6.18 Å². The molecule has 1 unspecified atom stereocenters. The largest absolute Gasteiger partial charge is 0.417 e. The molecule has 0 spiro atoms. The molecule has 1 atom stereocenters. The maximum Gasteiger partial charge on any atom is 0.417 e. The summed E-state index contributed by atoms with van der Waals surface area (Å²) in [5, 5.41) is 22.8. The molecule has 16 nitrogen and oxygen atoms in total. The van der Waals surface area contributed by atoms with Gasteiger partial charge in [-0.25, -0.2) is 4.39 Å². The Morgan fingerprint density at radius 1 is 0.938 bits per heavy atom. The van der Waals surface area contributed by atoms with Gasteiger partial charge in [-0.05, 0) is 92.5 Å². The van der Waals surface area contributed by atoms with E-state index in [0.29, 0.717) is 43.6 Å². The average Bonchev–Trinajstić information content (AvgIpc) is 4.18. The summed E-state index contributed by atoms with van der Waals surface area (Å²) in [6.45, 7) is 0.579. The van der Waals surface area contributed by atoms with Gasteiger partial charge in [0.25, 0.3) is 23.6 Å². The fourth-order valence-corrected chi connectivity index (χ4v) is 8.28. The molecule has 2 saturated carbocycles. The number of carbonyl (C=O) groups excluding carboxylic acids is 6. The lowest BCUT2D eigenvalue weighted by Gasteiger charge is -2.28. The average molecular weight is 881 g/mol. The first-order valence-electron chi connectivity index (χ1n) is 20.8. The highest BCUT2D eigenvalue weighted by Crippen LogP contribution is 2.49. The number of piperidine rings is 1. The molecule has 2 aliphatic carbocycles. The van der Waals surface area contributed by atoms with E-state index in [1.54, 1.807) is 23.0 Å². The van der Waals surface area contributed by atoms with Crippen LogP contribution in [0.25, 0.3) is 22.0 Å². The molecule has 2 aliphatic heterocycles. The molecule has 0 bridgehead atoms. The Hall–Kier alpha value is -7.25. The minimum absolute atomic E-state index is 0.00810. The van der Waals surface area contributed by atoms with E-state index >= 15 is 4.39 Å². The number of hydrogen-bond donors (Lipinski definition) is 5. The Morgan fingerprint density at radius 3 is 2.44 bits per heavy atom. The van der Waals surface area contributed by atoms with Crippen LogP contribution in [-0.2, 0) is 27.8 Å². The first kappa shape index (κ1) is 42.1. The topological polar surface area (TPSA) is 209 Å². The van der Waals surface area contributed by atoms with Gasteiger partial charge in [0.15, 0.2) is 0 Å². The highest BCUT2D eigenvalue weighted by atomic mass is 19.4. The van der Waals surface area contributed by atoms with Crippen molar-refractivity contribution >= 4 is 57.7 Å². The molecule has 2 aromatic heterocycles. The van der Waals surface area contributed by atoms with Crippen molar-refractivity contribution in [1.82, 2.24) is 40.8 Å². The number of alkyl halides is 3. The normalized spacial score (nSPS) is 17.9. The molecular weight excluding hydrogens is 841 g/mol. The number of aryl methyl sites for hydroxylation is 1. The van der Waals surface area contributed by atoms with Gasteiger partial charge in [-0.3, -0.25) is 48.6 Å². The number of hydrogen-bond acceptors (Lipinski definition) is 11. The summed E-state index contributed by atoms with van der Waals surface area (Å²) >= 11 is 0. The lowest BCUT2D eigenvalue weighted by molar-refractivity contribution is -0.137. The third-order valence-corrected chi connectivity index (χ3v) is 12.0. The Labute approximate surface area is 361 Å². The maximum atomic E-state index is 15.5. The first-order chi connectivity index (χ1) is 30.7. The molecule has 5 aromatic rings. The second kappa shape index (κ2) is 16.1. The predicted molar refractivity (Wildman–Crippen MR) is 221 cm³/mol. The SMILES string of the molecule is CNc1c(C(=O)NC2CC2)cnc2cc(C(F)(F)F)c(-c3ccc(C(=O)NCCCCn4cc(C5(Nc6cccc7c6C(=O)N(C6CCC(=O)NC6=O)C7=O)CC5)nn4)c(F)c3)cc12. The Morgan fingerprint density at radius 2 is 1.73 bits per heavy atom. The van der Waals surface area contributed by atoms with Crippen LogP contribution in [0.1, 0.15) is 104 Å². The van der Waals surface area contributed by atoms with Crippen molar-refractivity contribution < 1.29 is 46.3 Å². The standard InChI is InChI=1S/C44H40F4N10O6/c1-49-37-27-18-26(29(44(46,47)48)19-32(27)51-20-28(37)39(61)52-23-8-9-23)22-7-10-24(30(45)17-22)38(60)50-15-2-3-16-57-21-34(55-56-57)43(13-14-43)54-31-6-4-5-25-36(31)42(64)58(41(25)63)33-11-12-35(59)53-40(33)62/h4-7,10,17-21,23,33,54H,2-3,8-9,11-16H2,1H3,(H,49,51)(H,50,60)(H,52,61)(H,53,59,62). The molecular formula is C44H40F4N10O6. The molecule has 330 valence electrons. The predicted octanol–water partition coefficient (Wildman–Crippen LogP) is 5.30. The second-order valence-corrected chi connectivity index (χ2v) is 16.4. The third kappa shape index (κ3) is 7.87. The van der Waals surface area contributed by atoms with Gasteiger partial charge in [-0.1, -0.05) is 17.3 Å². The van der Waals surface area contributed by atoms with E-state index in [9.17, 15) is 41.9 Å². The number of benzene rings is 3. The van der Waals surface area contributed by atoms with Crippen molar-refractivity contribution in [1.29, 1.82) is 0 Å². The van der Waals surface area contributed by atoms with Crippen LogP contribution < -0.4 is 26.6 Å². The zero-order chi connectivity index (χ0) is 45.1. The van der Waals surface area contributed by atoms with Crippen LogP contribution >= 0.6 is 0 Å². The molecule has 64 heavy (non-hydrogen) atoms. The van der Waals surface area contributed by atoms with E-state index in [-0.39, 0.29) is 75.4 Å². The zero-order valence-corrected chi connectivity index (χ0v) is 34.2. The van der Waals surface area contributed by atoms with Crippen LogP contribution in [-0.4, -0.2) is 86.0 Å². The van der Waals surface area contributed by atoms with Crippen molar-refractivity contribution in [3.05, 3.63) is 100 Å². The van der Waals surface area contributed by atoms with Gasteiger partial charge < -0.3 is 21.3 Å². The number of amides is 6.